The highest BCUT2D eigenvalue weighted by molar-refractivity contribution is 5.73. The van der Waals surface area contributed by atoms with Gasteiger partial charge in [-0.1, -0.05) is 6.07 Å². The lowest BCUT2D eigenvalue weighted by Crippen LogP contribution is -1.97. The molecule has 0 aliphatic carbocycles. The molecule has 5 heteroatoms. The second-order valence-electron chi connectivity index (χ2n) is 3.51. The molecule has 1 aromatic carbocycles. The van der Waals surface area contributed by atoms with Crippen molar-refractivity contribution in [3.05, 3.63) is 29.7 Å². The predicted molar refractivity (Wildman–Crippen MR) is 57.9 cm³/mol. The number of hydrogen-bond acceptors (Lipinski definition) is 4. The molecule has 0 spiro atoms. The third kappa shape index (κ3) is 2.20. The van der Waals surface area contributed by atoms with Crippen molar-refractivity contribution in [3.63, 3.8) is 0 Å². The van der Waals surface area contributed by atoms with Gasteiger partial charge in [-0.2, -0.15) is 0 Å². The maximum absolute atomic E-state index is 10.4. The molecule has 0 aliphatic rings. The molecule has 3 N–H and O–H groups in total. The third-order valence-electron chi connectivity index (χ3n) is 2.28. The van der Waals surface area contributed by atoms with Gasteiger partial charge in [0, 0.05) is 13.0 Å². The number of hydrogen-bond donors (Lipinski definition) is 2. The number of aryl methyl sites for hydroxylation is 1. The van der Waals surface area contributed by atoms with Crippen molar-refractivity contribution in [2.45, 2.75) is 19.4 Å². The molecule has 0 saturated carbocycles. The SMILES string of the molecule is NCc1ccc2oc(CCC(=O)O)nc2c1. The van der Waals surface area contributed by atoms with E-state index in [1.54, 1.807) is 6.07 Å². The van der Waals surface area contributed by atoms with Gasteiger partial charge in [-0.25, -0.2) is 4.98 Å². The van der Waals surface area contributed by atoms with Crippen LogP contribution in [0.2, 0.25) is 0 Å². The summed E-state index contributed by atoms with van der Waals surface area (Å²) in [6.45, 7) is 0.452. The number of aliphatic carboxylic acids is 1. The average Bonchev–Trinajstić information content (AvgIpc) is 2.67. The van der Waals surface area contributed by atoms with Gasteiger partial charge >= 0.3 is 5.97 Å². The van der Waals surface area contributed by atoms with Gasteiger partial charge < -0.3 is 15.3 Å². The fourth-order valence-electron chi connectivity index (χ4n) is 1.47. The van der Waals surface area contributed by atoms with Crippen LogP contribution in [-0.2, 0) is 17.8 Å². The Morgan fingerprint density at radius 2 is 2.31 bits per heavy atom. The van der Waals surface area contributed by atoms with Crippen LogP contribution in [0.25, 0.3) is 11.1 Å². The second-order valence-corrected chi connectivity index (χ2v) is 3.51. The van der Waals surface area contributed by atoms with Crippen molar-refractivity contribution in [1.29, 1.82) is 0 Å². The molecule has 5 nitrogen and oxygen atoms in total. The van der Waals surface area contributed by atoms with Crippen LogP contribution >= 0.6 is 0 Å². The number of carboxylic acids is 1. The smallest absolute Gasteiger partial charge is 0.303 e. The van der Waals surface area contributed by atoms with E-state index in [-0.39, 0.29) is 6.42 Å². The zero-order valence-electron chi connectivity index (χ0n) is 8.64. The molecule has 0 saturated heterocycles. The average molecular weight is 220 g/mol. The minimum Gasteiger partial charge on any atom is -0.481 e. The van der Waals surface area contributed by atoms with E-state index in [9.17, 15) is 4.79 Å². The van der Waals surface area contributed by atoms with Crippen molar-refractivity contribution in [3.8, 4) is 0 Å². The van der Waals surface area contributed by atoms with Gasteiger partial charge in [-0.15, -0.1) is 0 Å². The largest absolute Gasteiger partial charge is 0.481 e. The highest BCUT2D eigenvalue weighted by atomic mass is 16.4. The summed E-state index contributed by atoms with van der Waals surface area (Å²) in [4.78, 5) is 14.6. The maximum atomic E-state index is 10.4. The summed E-state index contributed by atoms with van der Waals surface area (Å²) in [6, 6.07) is 5.52. The summed E-state index contributed by atoms with van der Waals surface area (Å²) in [7, 11) is 0. The van der Waals surface area contributed by atoms with E-state index in [1.807, 2.05) is 12.1 Å². The zero-order valence-corrected chi connectivity index (χ0v) is 8.64. The lowest BCUT2D eigenvalue weighted by Gasteiger charge is -1.92. The first-order valence-electron chi connectivity index (χ1n) is 4.99. The van der Waals surface area contributed by atoms with Crippen LogP contribution in [0.1, 0.15) is 17.9 Å². The van der Waals surface area contributed by atoms with Gasteiger partial charge in [-0.05, 0) is 17.7 Å². The maximum Gasteiger partial charge on any atom is 0.303 e. The van der Waals surface area contributed by atoms with E-state index >= 15 is 0 Å². The molecule has 16 heavy (non-hydrogen) atoms. The van der Waals surface area contributed by atoms with Crippen molar-refractivity contribution >= 4 is 17.1 Å². The Balaban J connectivity index is 2.25. The molecule has 2 rings (SSSR count). The van der Waals surface area contributed by atoms with Gasteiger partial charge in [0.25, 0.3) is 0 Å². The Morgan fingerprint density at radius 3 is 3.00 bits per heavy atom. The molecule has 2 aromatic rings. The van der Waals surface area contributed by atoms with Gasteiger partial charge in [-0.3, -0.25) is 4.79 Å². The molecular weight excluding hydrogens is 208 g/mol. The highest BCUT2D eigenvalue weighted by Crippen LogP contribution is 2.17. The Labute approximate surface area is 91.9 Å². The summed E-state index contributed by atoms with van der Waals surface area (Å²) in [5.41, 5.74) is 7.88. The molecule has 0 fully saturated rings. The monoisotopic (exact) mass is 220 g/mol. The molecule has 1 heterocycles. The van der Waals surface area contributed by atoms with Crippen LogP contribution < -0.4 is 5.73 Å². The lowest BCUT2D eigenvalue weighted by molar-refractivity contribution is -0.137. The number of nitrogens with zero attached hydrogens (tertiary/aromatic N) is 1. The Kier molecular flexibility index (Phi) is 2.87. The van der Waals surface area contributed by atoms with Crippen LogP contribution in [0.5, 0.6) is 0 Å². The van der Waals surface area contributed by atoms with Crippen LogP contribution in [0.15, 0.2) is 22.6 Å². The first-order valence-corrected chi connectivity index (χ1v) is 4.99. The number of carboxylic acid groups (broad SMARTS) is 1. The Morgan fingerprint density at radius 1 is 1.50 bits per heavy atom. The van der Waals surface area contributed by atoms with Crippen LogP contribution in [0.3, 0.4) is 0 Å². The lowest BCUT2D eigenvalue weighted by atomic mass is 10.2. The number of nitrogens with two attached hydrogens (primary N) is 1. The minimum atomic E-state index is -0.857. The van der Waals surface area contributed by atoms with Gasteiger partial charge in [0.1, 0.15) is 5.52 Å². The van der Waals surface area contributed by atoms with Crippen molar-refractivity contribution < 1.29 is 14.3 Å². The van der Waals surface area contributed by atoms with Gasteiger partial charge in [0.2, 0.25) is 0 Å². The van der Waals surface area contributed by atoms with E-state index in [2.05, 4.69) is 4.98 Å². The first-order chi connectivity index (χ1) is 7.69. The minimum absolute atomic E-state index is 0.0244. The molecule has 0 radical (unpaired) electrons. The molecule has 0 atom stereocenters. The zero-order chi connectivity index (χ0) is 11.5. The normalized spacial score (nSPS) is 10.8. The highest BCUT2D eigenvalue weighted by Gasteiger charge is 2.07. The molecule has 84 valence electrons. The Bertz CT molecular complexity index is 519. The Hall–Kier alpha value is -1.88. The quantitative estimate of drug-likeness (QED) is 0.810. The second kappa shape index (κ2) is 4.32. The summed E-state index contributed by atoms with van der Waals surface area (Å²) in [5.74, 6) is -0.406. The molecule has 0 bridgehead atoms. The molecule has 0 unspecified atom stereocenters. The number of rotatable bonds is 4. The van der Waals surface area contributed by atoms with Crippen LogP contribution in [0.4, 0.5) is 0 Å². The van der Waals surface area contributed by atoms with Gasteiger partial charge in [0.05, 0.1) is 6.42 Å². The summed E-state index contributed by atoms with van der Waals surface area (Å²) in [5, 5.41) is 8.55. The first kappa shape index (κ1) is 10.6. The van der Waals surface area contributed by atoms with Crippen molar-refractivity contribution in [1.82, 2.24) is 4.98 Å². The molecular formula is C11H12N2O3. The van der Waals surface area contributed by atoms with E-state index in [1.165, 1.54) is 0 Å². The standard InChI is InChI=1S/C11H12N2O3/c12-6-7-1-2-9-8(5-7)13-10(16-9)3-4-11(14)15/h1-2,5H,3-4,6,12H2,(H,14,15). The predicted octanol–water partition coefficient (Wildman–Crippen LogP) is 1.30. The fourth-order valence-corrected chi connectivity index (χ4v) is 1.47. The number of aromatic nitrogens is 1. The van der Waals surface area contributed by atoms with Crippen LogP contribution in [-0.4, -0.2) is 16.1 Å². The van der Waals surface area contributed by atoms with E-state index < -0.39 is 5.97 Å². The summed E-state index contributed by atoms with van der Waals surface area (Å²) >= 11 is 0. The third-order valence-corrected chi connectivity index (χ3v) is 2.28. The van der Waals surface area contributed by atoms with Gasteiger partial charge in [0.15, 0.2) is 11.5 Å². The van der Waals surface area contributed by atoms with Crippen molar-refractivity contribution in [2.75, 3.05) is 0 Å². The summed E-state index contributed by atoms with van der Waals surface area (Å²) in [6.07, 6.45) is 0.332. The van der Waals surface area contributed by atoms with Crippen LogP contribution in [0, 0.1) is 0 Å². The number of carbonyl (C=O) groups is 1. The molecule has 0 aliphatic heterocycles. The van der Waals surface area contributed by atoms with E-state index in [0.29, 0.717) is 24.4 Å². The molecule has 0 amide bonds. The number of fused-ring (bicyclic) bond motifs is 1. The molecule has 1 aromatic heterocycles. The van der Waals surface area contributed by atoms with E-state index in [0.717, 1.165) is 11.1 Å². The number of benzene rings is 1. The topological polar surface area (TPSA) is 89.3 Å². The summed E-state index contributed by atoms with van der Waals surface area (Å²) < 4.78 is 5.40. The van der Waals surface area contributed by atoms with E-state index in [4.69, 9.17) is 15.3 Å². The van der Waals surface area contributed by atoms with Crippen molar-refractivity contribution in [2.24, 2.45) is 5.73 Å². The fraction of sp³-hybridized carbons (Fsp3) is 0.273. The number of oxazole rings is 1.